The van der Waals surface area contributed by atoms with Crippen LogP contribution in [0.4, 0.5) is 0 Å². The van der Waals surface area contributed by atoms with Crippen LogP contribution in [0.2, 0.25) is 78.6 Å². The molecule has 0 aromatic rings. The summed E-state index contributed by atoms with van der Waals surface area (Å²) >= 11 is 0. The maximum absolute atomic E-state index is 7.48. The predicted molar refractivity (Wildman–Crippen MR) is 185 cm³/mol. The van der Waals surface area contributed by atoms with Crippen molar-refractivity contribution >= 4 is 33.3 Å². The zero-order valence-electron chi connectivity index (χ0n) is 29.6. The molecular formula is C33H66O4Si4. The van der Waals surface area contributed by atoms with Crippen molar-refractivity contribution in [3.05, 3.63) is 11.6 Å². The average molecular weight is 639 g/mol. The van der Waals surface area contributed by atoms with E-state index in [-0.39, 0.29) is 28.6 Å². The van der Waals surface area contributed by atoms with Gasteiger partial charge in [0.25, 0.3) is 0 Å². The van der Waals surface area contributed by atoms with E-state index in [9.17, 15) is 0 Å². The maximum atomic E-state index is 7.48. The van der Waals surface area contributed by atoms with E-state index < -0.39 is 33.3 Å². The SMILES string of the molecule is C[C@H](O[Si](C)(C)C)[C@]1(O[Si](C)(C)C)CC[C@H]2[C@@H]3CC=C4C[C@@H](O[Si](C)(C)C)CC[C@]4(C)[C@H]3[C@@H](O[Si](C)(C)C)C[C@@]21C. The Morgan fingerprint density at radius 2 is 1.39 bits per heavy atom. The van der Waals surface area contributed by atoms with Crippen LogP contribution in [0.1, 0.15) is 65.7 Å². The molecule has 0 N–H and O–H groups in total. The van der Waals surface area contributed by atoms with Crippen LogP contribution in [-0.4, -0.2) is 57.2 Å². The van der Waals surface area contributed by atoms with Gasteiger partial charge in [-0.15, -0.1) is 0 Å². The van der Waals surface area contributed by atoms with E-state index in [0.29, 0.717) is 23.9 Å². The highest BCUT2D eigenvalue weighted by Crippen LogP contribution is 2.69. The van der Waals surface area contributed by atoms with Gasteiger partial charge < -0.3 is 17.7 Å². The Bertz CT molecular complexity index is 989. The van der Waals surface area contributed by atoms with Gasteiger partial charge in [-0.25, -0.2) is 0 Å². The Morgan fingerprint density at radius 3 is 1.93 bits per heavy atom. The molecule has 8 heteroatoms. The lowest BCUT2D eigenvalue weighted by molar-refractivity contribution is -0.183. The number of hydrogen-bond acceptors (Lipinski definition) is 4. The molecule has 0 aromatic heterocycles. The van der Waals surface area contributed by atoms with Gasteiger partial charge in [-0.3, -0.25) is 0 Å². The van der Waals surface area contributed by atoms with Crippen LogP contribution in [0.15, 0.2) is 11.6 Å². The van der Waals surface area contributed by atoms with Crippen molar-refractivity contribution in [1.82, 2.24) is 0 Å². The van der Waals surface area contributed by atoms with Crippen LogP contribution in [-0.2, 0) is 17.7 Å². The van der Waals surface area contributed by atoms with Gasteiger partial charge in [0.2, 0.25) is 0 Å². The second-order valence-corrected chi connectivity index (χ2v) is 36.5. The second kappa shape index (κ2) is 11.1. The summed E-state index contributed by atoms with van der Waals surface area (Å²) in [5.74, 6) is 1.86. The minimum absolute atomic E-state index is 0.0394. The van der Waals surface area contributed by atoms with E-state index in [1.807, 2.05) is 0 Å². The van der Waals surface area contributed by atoms with Crippen LogP contribution in [0.3, 0.4) is 0 Å². The molecule has 4 rings (SSSR count). The second-order valence-electron chi connectivity index (χ2n) is 18.7. The topological polar surface area (TPSA) is 36.9 Å². The lowest BCUT2D eigenvalue weighted by Crippen LogP contribution is -2.66. The van der Waals surface area contributed by atoms with E-state index in [2.05, 4.69) is 105 Å². The summed E-state index contributed by atoms with van der Waals surface area (Å²) in [5, 5.41) is 0. The summed E-state index contributed by atoms with van der Waals surface area (Å²) in [6.45, 7) is 35.9. The molecule has 0 heterocycles. The third-order valence-electron chi connectivity index (χ3n) is 10.9. The first kappa shape index (κ1) is 34.3. The van der Waals surface area contributed by atoms with Gasteiger partial charge in [0, 0.05) is 17.6 Å². The van der Waals surface area contributed by atoms with Gasteiger partial charge in [0.15, 0.2) is 33.3 Å². The highest BCUT2D eigenvalue weighted by molar-refractivity contribution is 6.71. The fourth-order valence-electron chi connectivity index (χ4n) is 10.0. The number of rotatable bonds is 9. The third-order valence-corrected chi connectivity index (χ3v) is 14.9. The van der Waals surface area contributed by atoms with Crippen molar-refractivity contribution < 1.29 is 17.7 Å². The first-order chi connectivity index (χ1) is 18.4. The van der Waals surface area contributed by atoms with E-state index in [1.165, 1.54) is 25.7 Å². The summed E-state index contributed by atoms with van der Waals surface area (Å²) in [6, 6.07) is 0. The van der Waals surface area contributed by atoms with Crippen LogP contribution in [0.5, 0.6) is 0 Å². The van der Waals surface area contributed by atoms with E-state index in [4.69, 9.17) is 17.7 Å². The molecule has 0 spiro atoms. The van der Waals surface area contributed by atoms with E-state index >= 15 is 0 Å². The molecular weight excluding hydrogens is 573 g/mol. The summed E-state index contributed by atoms with van der Waals surface area (Å²) < 4.78 is 28.5. The van der Waals surface area contributed by atoms with Gasteiger partial charge in [0.05, 0.1) is 11.7 Å². The van der Waals surface area contributed by atoms with Gasteiger partial charge in [-0.2, -0.15) is 0 Å². The van der Waals surface area contributed by atoms with Crippen molar-refractivity contribution in [2.75, 3.05) is 0 Å². The summed E-state index contributed by atoms with van der Waals surface area (Å²) in [6.07, 6.45) is 11.6. The molecule has 3 saturated carbocycles. The minimum Gasteiger partial charge on any atom is -0.414 e. The van der Waals surface area contributed by atoms with Gasteiger partial charge in [-0.05, 0) is 154 Å². The van der Waals surface area contributed by atoms with Crippen LogP contribution in [0.25, 0.3) is 0 Å². The highest BCUT2D eigenvalue weighted by atomic mass is 28.4. The zero-order valence-corrected chi connectivity index (χ0v) is 33.6. The number of allylic oxidation sites excluding steroid dienone is 1. The lowest BCUT2D eigenvalue weighted by Gasteiger charge is -2.64. The van der Waals surface area contributed by atoms with Crippen molar-refractivity contribution in [3.63, 3.8) is 0 Å². The molecule has 4 aliphatic rings. The fourth-order valence-corrected chi connectivity index (χ4v) is 15.2. The maximum Gasteiger partial charge on any atom is 0.184 e. The highest BCUT2D eigenvalue weighted by Gasteiger charge is 2.69. The Morgan fingerprint density at radius 1 is 0.780 bits per heavy atom. The van der Waals surface area contributed by atoms with Crippen molar-refractivity contribution in [3.8, 4) is 0 Å². The predicted octanol–water partition coefficient (Wildman–Crippen LogP) is 9.83. The van der Waals surface area contributed by atoms with E-state index in [1.54, 1.807) is 5.57 Å². The molecule has 0 unspecified atom stereocenters. The van der Waals surface area contributed by atoms with Crippen LogP contribution < -0.4 is 0 Å². The van der Waals surface area contributed by atoms with E-state index in [0.717, 1.165) is 19.3 Å². The smallest absolute Gasteiger partial charge is 0.184 e. The summed E-state index contributed by atoms with van der Waals surface area (Å²) in [5.41, 5.74) is 1.68. The Balaban J connectivity index is 1.78. The molecule has 0 saturated heterocycles. The molecule has 0 aromatic carbocycles. The van der Waals surface area contributed by atoms with Gasteiger partial charge in [-0.1, -0.05) is 25.5 Å². The quantitative estimate of drug-likeness (QED) is 0.186. The molecule has 41 heavy (non-hydrogen) atoms. The van der Waals surface area contributed by atoms with Crippen LogP contribution >= 0.6 is 0 Å². The number of hydrogen-bond donors (Lipinski definition) is 0. The molecule has 3 fully saturated rings. The molecule has 4 aliphatic carbocycles. The van der Waals surface area contributed by atoms with Gasteiger partial charge >= 0.3 is 0 Å². The van der Waals surface area contributed by atoms with Crippen molar-refractivity contribution in [1.29, 1.82) is 0 Å². The molecule has 0 radical (unpaired) electrons. The lowest BCUT2D eigenvalue weighted by atomic mass is 9.46. The standard InChI is InChI=1S/C33H66O4Si4/c1-24(34-38(4,5)6)33(37-41(13,14)15)21-19-28-27-17-16-25-22-26(35-39(7,8)9)18-20-31(25,2)30(27)29(23-32(28,33)3)36-40(10,11)12/h16,24,26-30H,17-23H2,1-15H3/t24-,26-,27-,28-,29-,30+,31-,32-,33+/m0/s1. The first-order valence-corrected chi connectivity index (χ1v) is 30.5. The molecule has 0 amide bonds. The third kappa shape index (κ3) is 7.00. The minimum atomic E-state index is -1.86. The van der Waals surface area contributed by atoms with Gasteiger partial charge in [0.1, 0.15) is 0 Å². The molecule has 4 nitrogen and oxygen atoms in total. The largest absolute Gasteiger partial charge is 0.414 e. The average Bonchev–Trinajstić information content (AvgIpc) is 3.02. The Hall–Kier alpha value is 0.448. The molecule has 238 valence electrons. The summed E-state index contributed by atoms with van der Waals surface area (Å²) in [4.78, 5) is 0. The molecule has 0 aliphatic heterocycles. The first-order valence-electron chi connectivity index (χ1n) is 16.8. The normalized spacial score (nSPS) is 40.9. The Labute approximate surface area is 258 Å². The summed E-state index contributed by atoms with van der Waals surface area (Å²) in [7, 11) is -6.96. The number of fused-ring (bicyclic) bond motifs is 5. The Kier molecular flexibility index (Phi) is 9.26. The molecule has 0 bridgehead atoms. The van der Waals surface area contributed by atoms with Crippen molar-refractivity contribution in [2.24, 2.45) is 28.6 Å². The zero-order chi connectivity index (χ0) is 31.0. The monoisotopic (exact) mass is 638 g/mol. The van der Waals surface area contributed by atoms with Crippen molar-refractivity contribution in [2.45, 2.75) is 168 Å². The molecule has 9 atom stereocenters. The van der Waals surface area contributed by atoms with Crippen LogP contribution in [0, 0.1) is 28.6 Å². The fraction of sp³-hybridized carbons (Fsp3) is 0.939.